The molecule has 1 aliphatic heterocycles. The number of benzene rings is 1. The van der Waals surface area contributed by atoms with Crippen LogP contribution in [-0.2, 0) is 9.47 Å². The second kappa shape index (κ2) is 9.02. The van der Waals surface area contributed by atoms with E-state index in [9.17, 15) is 4.79 Å². The summed E-state index contributed by atoms with van der Waals surface area (Å²) >= 11 is 0. The van der Waals surface area contributed by atoms with Gasteiger partial charge in [-0.25, -0.2) is 4.79 Å². The first-order chi connectivity index (χ1) is 12.1. The first-order valence-electron chi connectivity index (χ1n) is 9.07. The average molecular weight is 346 g/mol. The molecule has 0 aromatic heterocycles. The highest BCUT2D eigenvalue weighted by atomic mass is 16.7. The number of ether oxygens (including phenoxy) is 2. The maximum atomic E-state index is 12.6. The number of nitrogens with one attached hydrogen (secondary N) is 1. The van der Waals surface area contributed by atoms with Gasteiger partial charge in [0.2, 0.25) is 0 Å². The van der Waals surface area contributed by atoms with E-state index in [1.807, 2.05) is 36.4 Å². The fraction of sp³-hybridized carbons (Fsp3) is 0.550. The molecule has 5 heteroatoms. The Morgan fingerprint density at radius 2 is 1.88 bits per heavy atom. The molecule has 0 aliphatic carbocycles. The van der Waals surface area contributed by atoms with Crippen molar-refractivity contribution in [3.8, 4) is 0 Å². The molecule has 1 saturated heterocycles. The minimum Gasteiger partial charge on any atom is -0.331 e. The molecule has 0 radical (unpaired) electrons. The Morgan fingerprint density at radius 1 is 1.20 bits per heavy atom. The molecule has 1 aliphatic rings. The van der Waals surface area contributed by atoms with Gasteiger partial charge in [-0.1, -0.05) is 63.4 Å². The molecule has 138 valence electrons. The summed E-state index contributed by atoms with van der Waals surface area (Å²) in [6.07, 6.45) is 6.33. The van der Waals surface area contributed by atoms with E-state index < -0.39 is 5.91 Å². The predicted molar refractivity (Wildman–Crippen MR) is 99.7 cm³/mol. The quantitative estimate of drug-likeness (QED) is 0.681. The summed E-state index contributed by atoms with van der Waals surface area (Å²) in [6, 6.07) is 9.66. The van der Waals surface area contributed by atoms with E-state index in [-0.39, 0.29) is 6.03 Å². The average Bonchev–Trinajstić information content (AvgIpc) is 2.90. The van der Waals surface area contributed by atoms with Crippen molar-refractivity contribution in [3.05, 3.63) is 41.6 Å². The van der Waals surface area contributed by atoms with Gasteiger partial charge in [0.15, 0.2) is 0 Å². The van der Waals surface area contributed by atoms with Crippen LogP contribution >= 0.6 is 0 Å². The second-order valence-electron chi connectivity index (χ2n) is 6.42. The third kappa shape index (κ3) is 4.22. The predicted octanol–water partition coefficient (Wildman–Crippen LogP) is 4.22. The molecule has 1 aromatic carbocycles. The van der Waals surface area contributed by atoms with Crippen LogP contribution in [0.15, 0.2) is 36.0 Å². The highest BCUT2D eigenvalue weighted by Crippen LogP contribution is 2.34. The molecule has 1 N–H and O–H groups in total. The van der Waals surface area contributed by atoms with Gasteiger partial charge in [-0.05, 0) is 24.0 Å². The van der Waals surface area contributed by atoms with Crippen LogP contribution < -0.4 is 5.32 Å². The van der Waals surface area contributed by atoms with Crippen molar-refractivity contribution in [1.82, 2.24) is 10.2 Å². The lowest BCUT2D eigenvalue weighted by molar-refractivity contribution is -0.244. The van der Waals surface area contributed by atoms with Crippen molar-refractivity contribution in [3.63, 3.8) is 0 Å². The molecule has 1 fully saturated rings. The van der Waals surface area contributed by atoms with Gasteiger partial charge in [-0.3, -0.25) is 4.90 Å². The zero-order chi connectivity index (χ0) is 18.3. The number of nitrogens with zero attached hydrogens (tertiary/aromatic N) is 1. The monoisotopic (exact) mass is 346 g/mol. The summed E-state index contributed by atoms with van der Waals surface area (Å²) < 4.78 is 11.4. The van der Waals surface area contributed by atoms with E-state index in [1.54, 1.807) is 19.1 Å². The first kappa shape index (κ1) is 19.5. The summed E-state index contributed by atoms with van der Waals surface area (Å²) in [4.78, 5) is 14.3. The Morgan fingerprint density at radius 3 is 2.44 bits per heavy atom. The van der Waals surface area contributed by atoms with Crippen molar-refractivity contribution >= 4 is 12.1 Å². The zero-order valence-corrected chi connectivity index (χ0v) is 15.7. The van der Waals surface area contributed by atoms with Crippen LogP contribution in [0.2, 0.25) is 0 Å². The number of methoxy groups -OCH3 is 2. The molecule has 0 saturated carbocycles. The third-order valence-electron chi connectivity index (χ3n) is 4.83. The fourth-order valence-corrected chi connectivity index (χ4v) is 3.29. The van der Waals surface area contributed by atoms with Gasteiger partial charge in [-0.2, -0.15) is 0 Å². The smallest absolute Gasteiger partial charge is 0.326 e. The highest BCUT2D eigenvalue weighted by Gasteiger charge is 2.51. The number of carbonyl (C=O) groups excluding carboxylic acids is 1. The summed E-state index contributed by atoms with van der Waals surface area (Å²) in [7, 11) is 3.14. The van der Waals surface area contributed by atoms with Crippen LogP contribution in [0, 0.1) is 5.92 Å². The fourth-order valence-electron chi connectivity index (χ4n) is 3.29. The Kier molecular flexibility index (Phi) is 7.02. The van der Waals surface area contributed by atoms with E-state index in [4.69, 9.17) is 9.47 Å². The van der Waals surface area contributed by atoms with E-state index in [0.29, 0.717) is 18.2 Å². The molecule has 0 bridgehead atoms. The Hall–Kier alpha value is -1.85. The number of rotatable bonds is 9. The van der Waals surface area contributed by atoms with Crippen LogP contribution in [0.3, 0.4) is 0 Å². The van der Waals surface area contributed by atoms with Gasteiger partial charge in [0.25, 0.3) is 5.91 Å². The van der Waals surface area contributed by atoms with E-state index in [0.717, 1.165) is 31.2 Å². The van der Waals surface area contributed by atoms with Gasteiger partial charge >= 0.3 is 6.03 Å². The molecule has 0 spiro atoms. The molecule has 1 aromatic rings. The molecule has 1 heterocycles. The molecular weight excluding hydrogens is 316 g/mol. The van der Waals surface area contributed by atoms with E-state index in [1.165, 1.54) is 0 Å². The van der Waals surface area contributed by atoms with Gasteiger partial charge < -0.3 is 14.8 Å². The number of hydrogen-bond acceptors (Lipinski definition) is 3. The van der Waals surface area contributed by atoms with Crippen molar-refractivity contribution < 1.29 is 14.3 Å². The van der Waals surface area contributed by atoms with Crippen LogP contribution in [0.1, 0.15) is 45.1 Å². The van der Waals surface area contributed by atoms with Crippen molar-refractivity contribution in [2.24, 2.45) is 5.92 Å². The Labute approximate surface area is 151 Å². The Bertz CT molecular complexity index is 582. The second-order valence-corrected chi connectivity index (χ2v) is 6.42. The number of unbranched alkanes of at least 4 members (excludes halogenated alkanes) is 1. The molecular formula is C20H30N2O3. The third-order valence-corrected chi connectivity index (χ3v) is 4.83. The molecule has 1 unspecified atom stereocenters. The van der Waals surface area contributed by atoms with Crippen LogP contribution in [0.4, 0.5) is 4.79 Å². The van der Waals surface area contributed by atoms with Crippen LogP contribution in [0.25, 0.3) is 6.08 Å². The van der Waals surface area contributed by atoms with Gasteiger partial charge in [0.1, 0.15) is 5.70 Å². The lowest BCUT2D eigenvalue weighted by Gasteiger charge is -2.36. The van der Waals surface area contributed by atoms with E-state index in [2.05, 4.69) is 19.2 Å². The van der Waals surface area contributed by atoms with Crippen molar-refractivity contribution in [2.75, 3.05) is 20.8 Å². The number of urea groups is 1. The van der Waals surface area contributed by atoms with Crippen LogP contribution in [-0.4, -0.2) is 37.6 Å². The molecule has 5 nitrogen and oxygen atoms in total. The number of carbonyl (C=O) groups is 1. The molecule has 25 heavy (non-hydrogen) atoms. The largest absolute Gasteiger partial charge is 0.331 e. The maximum absolute atomic E-state index is 12.6. The number of amides is 2. The highest BCUT2D eigenvalue weighted by molar-refractivity contribution is 5.83. The summed E-state index contributed by atoms with van der Waals surface area (Å²) in [6.45, 7) is 4.96. The zero-order valence-electron chi connectivity index (χ0n) is 15.7. The van der Waals surface area contributed by atoms with Gasteiger partial charge in [0.05, 0.1) is 0 Å². The maximum Gasteiger partial charge on any atom is 0.326 e. The van der Waals surface area contributed by atoms with E-state index >= 15 is 0 Å². The van der Waals surface area contributed by atoms with Gasteiger partial charge in [-0.15, -0.1) is 0 Å². The molecule has 1 atom stereocenters. The lowest BCUT2D eigenvalue weighted by atomic mass is 9.98. The topological polar surface area (TPSA) is 50.8 Å². The minimum absolute atomic E-state index is 0.180. The number of hydrogen-bond donors (Lipinski definition) is 1. The first-order valence-corrected chi connectivity index (χ1v) is 9.07. The lowest BCUT2D eigenvalue weighted by Crippen LogP contribution is -2.51. The Balaban J connectivity index is 2.30. The summed E-state index contributed by atoms with van der Waals surface area (Å²) in [5.41, 5.74) is 1.59. The molecule has 2 rings (SSSR count). The van der Waals surface area contributed by atoms with Crippen molar-refractivity contribution in [1.29, 1.82) is 0 Å². The SMILES string of the molecule is CCCCC(CC)CN1C(=O)NC(=Cc2ccccc2)C1(OC)OC. The molecule has 2 amide bonds. The summed E-state index contributed by atoms with van der Waals surface area (Å²) in [5, 5.41) is 2.93. The normalized spacial score (nSPS) is 19.3. The van der Waals surface area contributed by atoms with Gasteiger partial charge in [0, 0.05) is 20.8 Å². The van der Waals surface area contributed by atoms with Crippen LogP contribution in [0.5, 0.6) is 0 Å². The standard InChI is InChI=1S/C20H30N2O3/c1-5-7-11-16(6-2)15-22-19(23)21-18(20(22,24-3)25-4)14-17-12-9-8-10-13-17/h8-10,12-14,16H,5-7,11,15H2,1-4H3,(H,21,23). The minimum atomic E-state index is -1.20. The summed E-state index contributed by atoms with van der Waals surface area (Å²) in [5.74, 6) is -0.779. The van der Waals surface area contributed by atoms with Crippen molar-refractivity contribution in [2.45, 2.75) is 45.4 Å².